The number of benzene rings is 1. The Morgan fingerprint density at radius 2 is 1.82 bits per heavy atom. The highest BCUT2D eigenvalue weighted by Gasteiger charge is 2.06. The van der Waals surface area contributed by atoms with E-state index in [1.807, 2.05) is 6.07 Å². The van der Waals surface area contributed by atoms with E-state index in [2.05, 4.69) is 10.0 Å². The van der Waals surface area contributed by atoms with Crippen LogP contribution in [0.25, 0.3) is 0 Å². The largest absolute Gasteiger partial charge is 0.351 e. The molecule has 1 amide bonds. The van der Waals surface area contributed by atoms with Gasteiger partial charge in [-0.15, -0.1) is 0 Å². The number of carbonyl (C=O) groups is 1. The van der Waals surface area contributed by atoms with E-state index in [4.69, 9.17) is 0 Å². The summed E-state index contributed by atoms with van der Waals surface area (Å²) in [4.78, 5) is 11.6. The summed E-state index contributed by atoms with van der Waals surface area (Å²) in [5.41, 5.74) is 0.561. The van der Waals surface area contributed by atoms with Crippen LogP contribution < -0.4 is 10.0 Å². The molecule has 94 valence electrons. The highest BCUT2D eigenvalue weighted by Crippen LogP contribution is 1.96. The molecule has 0 radical (unpaired) electrons. The molecule has 5 nitrogen and oxygen atoms in total. The van der Waals surface area contributed by atoms with Gasteiger partial charge in [0.25, 0.3) is 5.91 Å². The summed E-state index contributed by atoms with van der Waals surface area (Å²) in [5.74, 6) is -0.166. The quantitative estimate of drug-likeness (QED) is 0.721. The fourth-order valence-corrected chi connectivity index (χ4v) is 1.79. The van der Waals surface area contributed by atoms with Crippen LogP contribution in [0, 0.1) is 0 Å². The molecule has 2 N–H and O–H groups in total. The van der Waals surface area contributed by atoms with Crippen molar-refractivity contribution in [3.63, 3.8) is 0 Å². The Balaban J connectivity index is 2.31. The van der Waals surface area contributed by atoms with Crippen LogP contribution >= 0.6 is 0 Å². The third-order valence-electron chi connectivity index (χ3n) is 2.15. The lowest BCUT2D eigenvalue weighted by molar-refractivity contribution is 0.0954. The van der Waals surface area contributed by atoms with Crippen molar-refractivity contribution in [3.05, 3.63) is 35.9 Å². The van der Waals surface area contributed by atoms with Crippen molar-refractivity contribution in [1.82, 2.24) is 10.0 Å². The van der Waals surface area contributed by atoms with E-state index in [9.17, 15) is 13.2 Å². The second-order valence-corrected chi connectivity index (χ2v) is 5.52. The maximum Gasteiger partial charge on any atom is 0.251 e. The Kier molecular flexibility index (Phi) is 5.11. The van der Waals surface area contributed by atoms with Gasteiger partial charge in [-0.1, -0.05) is 18.2 Å². The highest BCUT2D eigenvalue weighted by molar-refractivity contribution is 7.89. The topological polar surface area (TPSA) is 75.3 Å². The second-order valence-electron chi connectivity index (χ2n) is 3.42. The van der Waals surface area contributed by atoms with Gasteiger partial charge in [0.05, 0.1) is 5.75 Å². The van der Waals surface area contributed by atoms with Crippen molar-refractivity contribution in [2.45, 2.75) is 6.92 Å². The first-order valence-electron chi connectivity index (χ1n) is 5.36. The van der Waals surface area contributed by atoms with E-state index in [0.29, 0.717) is 5.56 Å². The minimum Gasteiger partial charge on any atom is -0.351 e. The molecule has 1 aromatic carbocycles. The number of hydrogen-bond donors (Lipinski definition) is 2. The van der Waals surface area contributed by atoms with Crippen LogP contribution in [-0.4, -0.2) is 33.2 Å². The predicted molar refractivity (Wildman–Crippen MR) is 66.2 cm³/mol. The number of nitrogens with one attached hydrogen (secondary N) is 2. The van der Waals surface area contributed by atoms with E-state index in [1.165, 1.54) is 0 Å². The molecule has 1 aromatic rings. The van der Waals surface area contributed by atoms with Crippen LogP contribution in [0.3, 0.4) is 0 Å². The predicted octanol–water partition coefficient (Wildman–Crippen LogP) is 0.356. The molecule has 1 rings (SSSR count). The minimum absolute atomic E-state index is 0.0413. The highest BCUT2D eigenvalue weighted by atomic mass is 32.2. The van der Waals surface area contributed by atoms with Gasteiger partial charge in [-0.3, -0.25) is 4.79 Å². The van der Waals surface area contributed by atoms with Crippen molar-refractivity contribution in [2.75, 3.05) is 18.8 Å². The van der Waals surface area contributed by atoms with Gasteiger partial charge in [-0.2, -0.15) is 0 Å². The zero-order valence-corrected chi connectivity index (χ0v) is 10.5. The first-order valence-corrected chi connectivity index (χ1v) is 7.01. The van der Waals surface area contributed by atoms with Crippen molar-refractivity contribution >= 4 is 15.9 Å². The number of hydrogen-bond acceptors (Lipinski definition) is 3. The molecular weight excluding hydrogens is 240 g/mol. The van der Waals surface area contributed by atoms with Gasteiger partial charge in [0.2, 0.25) is 10.0 Å². The zero-order chi connectivity index (χ0) is 12.7. The molecule has 0 aliphatic carbocycles. The van der Waals surface area contributed by atoms with E-state index in [0.717, 1.165) is 0 Å². The molecule has 0 aliphatic heterocycles. The van der Waals surface area contributed by atoms with Crippen LogP contribution in [0.2, 0.25) is 0 Å². The lowest BCUT2D eigenvalue weighted by Gasteiger charge is -2.06. The Labute approximate surface area is 101 Å². The molecule has 0 saturated heterocycles. The Bertz CT molecular complexity index is 457. The molecule has 0 unspecified atom stereocenters. The molecule has 0 aliphatic rings. The van der Waals surface area contributed by atoms with Crippen LogP contribution in [0.5, 0.6) is 0 Å². The van der Waals surface area contributed by atoms with Gasteiger partial charge in [0, 0.05) is 18.7 Å². The van der Waals surface area contributed by atoms with Gasteiger partial charge < -0.3 is 5.32 Å². The third kappa shape index (κ3) is 4.97. The number of sulfonamides is 1. The van der Waals surface area contributed by atoms with Gasteiger partial charge in [-0.05, 0) is 19.1 Å². The smallest absolute Gasteiger partial charge is 0.251 e. The van der Waals surface area contributed by atoms with Crippen molar-refractivity contribution < 1.29 is 13.2 Å². The van der Waals surface area contributed by atoms with Crippen LogP contribution in [0.4, 0.5) is 0 Å². The summed E-state index contributed by atoms with van der Waals surface area (Å²) in [6, 6.07) is 8.77. The molecule has 0 saturated carbocycles. The van der Waals surface area contributed by atoms with E-state index < -0.39 is 10.0 Å². The zero-order valence-electron chi connectivity index (χ0n) is 9.64. The summed E-state index contributed by atoms with van der Waals surface area (Å²) in [6.07, 6.45) is 0. The van der Waals surface area contributed by atoms with Crippen LogP contribution in [-0.2, 0) is 10.0 Å². The van der Waals surface area contributed by atoms with Gasteiger partial charge in [-0.25, -0.2) is 13.1 Å². The molecule has 17 heavy (non-hydrogen) atoms. The molecule has 0 heterocycles. The molecule has 0 spiro atoms. The Morgan fingerprint density at radius 1 is 1.18 bits per heavy atom. The van der Waals surface area contributed by atoms with E-state index in [1.54, 1.807) is 31.2 Å². The molecule has 0 aromatic heterocycles. The molecule has 0 fully saturated rings. The molecule has 0 bridgehead atoms. The average Bonchev–Trinajstić information content (AvgIpc) is 2.35. The molecule has 0 atom stereocenters. The van der Waals surface area contributed by atoms with Gasteiger partial charge >= 0.3 is 0 Å². The molecular formula is C11H16N2O3S. The van der Waals surface area contributed by atoms with Crippen molar-refractivity contribution in [3.8, 4) is 0 Å². The average molecular weight is 256 g/mol. The Hall–Kier alpha value is -1.40. The normalized spacial score (nSPS) is 11.1. The lowest BCUT2D eigenvalue weighted by Crippen LogP contribution is -2.35. The summed E-state index contributed by atoms with van der Waals surface area (Å²) in [7, 11) is -3.18. The van der Waals surface area contributed by atoms with Crippen LogP contribution in [0.15, 0.2) is 30.3 Å². The SMILES string of the molecule is CCS(=O)(=O)NCCNC(=O)c1ccccc1. The maximum absolute atomic E-state index is 11.6. The van der Waals surface area contributed by atoms with Crippen molar-refractivity contribution in [1.29, 1.82) is 0 Å². The second kappa shape index (κ2) is 6.36. The number of carbonyl (C=O) groups excluding carboxylic acids is 1. The van der Waals surface area contributed by atoms with E-state index in [-0.39, 0.29) is 24.7 Å². The lowest BCUT2D eigenvalue weighted by atomic mass is 10.2. The summed E-state index contributed by atoms with van der Waals surface area (Å²) < 4.78 is 24.6. The van der Waals surface area contributed by atoms with Gasteiger partial charge in [0.1, 0.15) is 0 Å². The monoisotopic (exact) mass is 256 g/mol. The van der Waals surface area contributed by atoms with E-state index >= 15 is 0 Å². The first kappa shape index (κ1) is 13.7. The van der Waals surface area contributed by atoms with Crippen molar-refractivity contribution in [2.24, 2.45) is 0 Å². The summed E-state index contributed by atoms with van der Waals surface area (Å²) >= 11 is 0. The minimum atomic E-state index is -3.18. The third-order valence-corrected chi connectivity index (χ3v) is 3.55. The standard InChI is InChI=1S/C11H16N2O3S/c1-2-17(15,16)13-9-8-12-11(14)10-6-4-3-5-7-10/h3-7,13H,2,8-9H2,1H3,(H,12,14). The first-order chi connectivity index (χ1) is 8.05. The van der Waals surface area contributed by atoms with Crippen LogP contribution in [0.1, 0.15) is 17.3 Å². The maximum atomic E-state index is 11.6. The fraction of sp³-hybridized carbons (Fsp3) is 0.364. The number of amides is 1. The summed E-state index contributed by atoms with van der Waals surface area (Å²) in [5, 5.41) is 2.63. The Morgan fingerprint density at radius 3 is 2.41 bits per heavy atom. The number of rotatable bonds is 6. The fourth-order valence-electron chi connectivity index (χ4n) is 1.18. The summed E-state index contributed by atoms with van der Waals surface area (Å²) in [6.45, 7) is 2.03. The molecule has 6 heteroatoms. The van der Waals surface area contributed by atoms with Gasteiger partial charge in [0.15, 0.2) is 0 Å².